The van der Waals surface area contributed by atoms with Gasteiger partial charge in [0.15, 0.2) is 0 Å². The Kier molecular flexibility index (Phi) is 3.49. The van der Waals surface area contributed by atoms with Gasteiger partial charge in [-0.05, 0) is 12.1 Å². The van der Waals surface area contributed by atoms with Crippen molar-refractivity contribution in [2.24, 2.45) is 10.1 Å². The van der Waals surface area contributed by atoms with Crippen LogP contribution in [0.15, 0.2) is 28.3 Å². The first-order valence-electron chi connectivity index (χ1n) is 3.95. The first kappa shape index (κ1) is 10.0. The highest BCUT2D eigenvalue weighted by Gasteiger charge is 1.98. The monoisotopic (exact) mass is 193 g/mol. The molecule has 5 heteroatoms. The van der Waals surface area contributed by atoms with Gasteiger partial charge in [0.2, 0.25) is 0 Å². The number of phenols is 2. The third-order valence-electron chi connectivity index (χ3n) is 1.48. The van der Waals surface area contributed by atoms with Crippen LogP contribution in [0.3, 0.4) is 0 Å². The minimum absolute atomic E-state index is 0.0164. The van der Waals surface area contributed by atoms with Gasteiger partial charge in [-0.15, -0.1) is 0 Å². The molecular formula is C9H11N3O2. The number of nitrogens with zero attached hydrogens (tertiary/aromatic N) is 2. The summed E-state index contributed by atoms with van der Waals surface area (Å²) in [7, 11) is 1.61. The zero-order valence-corrected chi connectivity index (χ0v) is 7.68. The molecule has 0 unspecified atom stereocenters. The number of benzene rings is 1. The van der Waals surface area contributed by atoms with Crippen molar-refractivity contribution in [3.63, 3.8) is 0 Å². The Morgan fingerprint density at radius 3 is 2.79 bits per heavy atom. The highest BCUT2D eigenvalue weighted by molar-refractivity contribution is 5.84. The van der Waals surface area contributed by atoms with E-state index >= 15 is 0 Å². The number of hydrazone groups is 1. The molecule has 0 spiro atoms. The van der Waals surface area contributed by atoms with Crippen molar-refractivity contribution in [2.45, 2.75) is 0 Å². The second-order valence-electron chi connectivity index (χ2n) is 2.52. The van der Waals surface area contributed by atoms with Crippen LogP contribution in [-0.4, -0.2) is 29.8 Å². The van der Waals surface area contributed by atoms with Crippen LogP contribution in [0.5, 0.6) is 11.5 Å². The van der Waals surface area contributed by atoms with E-state index in [4.69, 9.17) is 5.11 Å². The van der Waals surface area contributed by atoms with Crippen LogP contribution < -0.4 is 5.43 Å². The number of rotatable bonds is 3. The molecule has 0 heterocycles. The molecule has 0 atom stereocenters. The number of aromatic hydroxyl groups is 2. The summed E-state index contributed by atoms with van der Waals surface area (Å²) in [5.41, 5.74) is 3.04. The first-order valence-corrected chi connectivity index (χ1v) is 3.95. The Morgan fingerprint density at radius 1 is 1.36 bits per heavy atom. The Bertz CT molecular complexity index is 361. The molecule has 3 N–H and O–H groups in total. The van der Waals surface area contributed by atoms with Crippen molar-refractivity contribution in [3.05, 3.63) is 23.8 Å². The predicted octanol–water partition coefficient (Wildman–Crippen LogP) is 0.679. The second-order valence-corrected chi connectivity index (χ2v) is 2.52. The summed E-state index contributed by atoms with van der Waals surface area (Å²) >= 11 is 0. The number of phenolic OH excluding ortho intramolecular Hbond substituents is 2. The van der Waals surface area contributed by atoms with E-state index in [-0.39, 0.29) is 11.5 Å². The van der Waals surface area contributed by atoms with Gasteiger partial charge in [-0.2, -0.15) is 5.10 Å². The molecule has 0 radical (unpaired) electrons. The molecule has 74 valence electrons. The predicted molar refractivity (Wildman–Crippen MR) is 54.9 cm³/mol. The average Bonchev–Trinajstić information content (AvgIpc) is 2.15. The quantitative estimate of drug-likeness (QED) is 0.375. The summed E-state index contributed by atoms with van der Waals surface area (Å²) in [4.78, 5) is 3.65. The topological polar surface area (TPSA) is 77.2 Å². The molecule has 0 aliphatic carbocycles. The van der Waals surface area contributed by atoms with Gasteiger partial charge in [0.05, 0.1) is 6.21 Å². The minimum Gasteiger partial charge on any atom is -0.508 e. The molecule has 0 aliphatic heterocycles. The van der Waals surface area contributed by atoms with E-state index in [0.717, 1.165) is 0 Å². The first-order chi connectivity index (χ1) is 6.74. The molecular weight excluding hydrogens is 182 g/mol. The van der Waals surface area contributed by atoms with Crippen LogP contribution in [0.4, 0.5) is 0 Å². The number of hydrogen-bond donors (Lipinski definition) is 3. The maximum absolute atomic E-state index is 9.34. The van der Waals surface area contributed by atoms with E-state index in [2.05, 4.69) is 15.5 Å². The summed E-state index contributed by atoms with van der Waals surface area (Å²) < 4.78 is 0. The van der Waals surface area contributed by atoms with Gasteiger partial charge >= 0.3 is 0 Å². The van der Waals surface area contributed by atoms with Gasteiger partial charge in [-0.1, -0.05) is 0 Å². The number of hydrogen-bond acceptors (Lipinski definition) is 4. The van der Waals surface area contributed by atoms with Crippen LogP contribution in [0.1, 0.15) is 5.56 Å². The zero-order valence-electron chi connectivity index (χ0n) is 7.68. The van der Waals surface area contributed by atoms with Crippen LogP contribution in [0, 0.1) is 0 Å². The fourth-order valence-electron chi connectivity index (χ4n) is 0.839. The largest absolute Gasteiger partial charge is 0.508 e. The molecule has 0 aromatic heterocycles. The second kappa shape index (κ2) is 4.86. The number of aliphatic imine (C=N–C) groups is 1. The van der Waals surface area contributed by atoms with E-state index in [9.17, 15) is 5.11 Å². The van der Waals surface area contributed by atoms with Crippen molar-refractivity contribution in [3.8, 4) is 11.5 Å². The standard InChI is InChI=1S/C9H11N3O2/c1-10-6-12-11-5-7-2-3-8(13)4-9(7)14/h2-6,13-14H,1H3,(H,10,12)/b11-5+. The molecule has 0 saturated heterocycles. The lowest BCUT2D eigenvalue weighted by Gasteiger charge is -1.98. The van der Waals surface area contributed by atoms with Gasteiger partial charge in [0.25, 0.3) is 0 Å². The summed E-state index contributed by atoms with van der Waals surface area (Å²) in [5.74, 6) is -0.00767. The third-order valence-corrected chi connectivity index (χ3v) is 1.48. The molecule has 1 rings (SSSR count). The normalized spacial score (nSPS) is 11.2. The van der Waals surface area contributed by atoms with E-state index in [1.807, 2.05) is 0 Å². The average molecular weight is 193 g/mol. The lowest BCUT2D eigenvalue weighted by atomic mass is 10.2. The summed E-state index contributed by atoms with van der Waals surface area (Å²) in [6.45, 7) is 0. The Labute approximate surface area is 81.4 Å². The molecule has 0 bridgehead atoms. The Hall–Kier alpha value is -2.04. The smallest absolute Gasteiger partial charge is 0.128 e. The van der Waals surface area contributed by atoms with Crippen LogP contribution >= 0.6 is 0 Å². The van der Waals surface area contributed by atoms with Gasteiger partial charge in [0.1, 0.15) is 17.8 Å². The highest BCUT2D eigenvalue weighted by Crippen LogP contribution is 2.20. The van der Waals surface area contributed by atoms with Crippen molar-refractivity contribution in [1.29, 1.82) is 0 Å². The highest BCUT2D eigenvalue weighted by atomic mass is 16.3. The third kappa shape index (κ3) is 2.78. The maximum atomic E-state index is 9.34. The van der Waals surface area contributed by atoms with Crippen LogP contribution in [-0.2, 0) is 0 Å². The van der Waals surface area contributed by atoms with Gasteiger partial charge in [-0.3, -0.25) is 10.4 Å². The molecule has 1 aromatic carbocycles. The maximum Gasteiger partial charge on any atom is 0.128 e. The molecule has 14 heavy (non-hydrogen) atoms. The van der Waals surface area contributed by atoms with Gasteiger partial charge in [-0.25, -0.2) is 0 Å². The van der Waals surface area contributed by atoms with Crippen molar-refractivity contribution >= 4 is 12.6 Å². The van der Waals surface area contributed by atoms with Crippen LogP contribution in [0.25, 0.3) is 0 Å². The lowest BCUT2D eigenvalue weighted by Crippen LogP contribution is -2.01. The molecule has 5 nitrogen and oxygen atoms in total. The molecule has 0 fully saturated rings. The molecule has 1 aromatic rings. The van der Waals surface area contributed by atoms with E-state index < -0.39 is 0 Å². The van der Waals surface area contributed by atoms with Crippen molar-refractivity contribution < 1.29 is 10.2 Å². The lowest BCUT2D eigenvalue weighted by molar-refractivity contribution is 0.450. The molecule has 0 amide bonds. The SMILES string of the molecule is CN=CN/N=C/c1ccc(O)cc1O. The minimum atomic E-state index is -0.0241. The van der Waals surface area contributed by atoms with Crippen LogP contribution in [0.2, 0.25) is 0 Å². The summed E-state index contributed by atoms with van der Waals surface area (Å²) in [5, 5.41) is 22.1. The van der Waals surface area contributed by atoms with Crippen molar-refractivity contribution in [2.75, 3.05) is 7.05 Å². The van der Waals surface area contributed by atoms with E-state index in [1.54, 1.807) is 13.1 Å². The Morgan fingerprint density at radius 2 is 2.14 bits per heavy atom. The summed E-state index contributed by atoms with van der Waals surface area (Å²) in [6, 6.07) is 4.27. The van der Waals surface area contributed by atoms with Crippen molar-refractivity contribution in [1.82, 2.24) is 5.43 Å². The van der Waals surface area contributed by atoms with E-state index in [1.165, 1.54) is 24.7 Å². The fraction of sp³-hybridized carbons (Fsp3) is 0.111. The van der Waals surface area contributed by atoms with Gasteiger partial charge in [0, 0.05) is 18.7 Å². The fourth-order valence-corrected chi connectivity index (χ4v) is 0.839. The summed E-state index contributed by atoms with van der Waals surface area (Å²) in [6.07, 6.45) is 2.84. The Balaban J connectivity index is 2.71. The van der Waals surface area contributed by atoms with Gasteiger partial charge < -0.3 is 10.2 Å². The number of nitrogens with one attached hydrogen (secondary N) is 1. The molecule has 0 aliphatic rings. The zero-order chi connectivity index (χ0) is 10.4. The van der Waals surface area contributed by atoms with E-state index in [0.29, 0.717) is 5.56 Å². The molecule has 0 saturated carbocycles.